The number of benzene rings is 4. The molecule has 0 unspecified atom stereocenters. The molecular weight excluding hydrogens is 404 g/mol. The van der Waals surface area contributed by atoms with Gasteiger partial charge < -0.3 is 14.5 Å². The molecular formula is C30H28N2O. The number of anilines is 1. The molecule has 0 radical (unpaired) electrons. The third kappa shape index (κ3) is 3.49. The Morgan fingerprint density at radius 3 is 2.03 bits per heavy atom. The maximum absolute atomic E-state index is 6.89. The molecule has 6 rings (SSSR count). The molecule has 1 saturated heterocycles. The summed E-state index contributed by atoms with van der Waals surface area (Å²) in [4.78, 5) is 4.88. The summed E-state index contributed by atoms with van der Waals surface area (Å²) in [7, 11) is 2.20. The summed E-state index contributed by atoms with van der Waals surface area (Å²) in [6.45, 7) is 4.33. The Morgan fingerprint density at radius 1 is 0.727 bits per heavy atom. The van der Waals surface area contributed by atoms with Gasteiger partial charge in [0, 0.05) is 48.6 Å². The van der Waals surface area contributed by atoms with E-state index in [2.05, 4.69) is 120 Å². The van der Waals surface area contributed by atoms with Gasteiger partial charge in [-0.25, -0.2) is 0 Å². The Morgan fingerprint density at radius 2 is 1.36 bits per heavy atom. The number of hydrogen-bond acceptors (Lipinski definition) is 3. The van der Waals surface area contributed by atoms with Crippen LogP contribution in [0.4, 0.5) is 5.69 Å². The number of likely N-dealkylation sites (N-methyl/N-ethyl adjacent to an activating group) is 1. The van der Waals surface area contributed by atoms with E-state index in [1.165, 1.54) is 16.5 Å². The Labute approximate surface area is 195 Å². The molecule has 33 heavy (non-hydrogen) atoms. The molecule has 0 saturated carbocycles. The molecule has 0 N–H and O–H groups in total. The summed E-state index contributed by atoms with van der Waals surface area (Å²) in [5, 5.41) is 2.49. The van der Waals surface area contributed by atoms with Gasteiger partial charge in [0.05, 0.1) is 0 Å². The van der Waals surface area contributed by atoms with Crippen LogP contribution in [-0.2, 0) is 5.60 Å². The number of nitrogens with zero attached hydrogens (tertiary/aromatic N) is 2. The van der Waals surface area contributed by atoms with E-state index in [1.54, 1.807) is 0 Å². The van der Waals surface area contributed by atoms with E-state index in [4.69, 9.17) is 4.74 Å². The van der Waals surface area contributed by atoms with Crippen LogP contribution in [0.3, 0.4) is 0 Å². The predicted molar refractivity (Wildman–Crippen MR) is 137 cm³/mol. The lowest BCUT2D eigenvalue weighted by atomic mass is 9.83. The van der Waals surface area contributed by atoms with Crippen molar-refractivity contribution in [2.45, 2.75) is 5.60 Å². The lowest BCUT2D eigenvalue weighted by Gasteiger charge is -2.36. The van der Waals surface area contributed by atoms with Crippen molar-refractivity contribution in [2.24, 2.45) is 0 Å². The number of ether oxygens (including phenoxy) is 1. The maximum atomic E-state index is 6.89. The zero-order chi connectivity index (χ0) is 22.3. The van der Waals surface area contributed by atoms with Gasteiger partial charge >= 0.3 is 0 Å². The van der Waals surface area contributed by atoms with E-state index in [0.717, 1.165) is 48.6 Å². The van der Waals surface area contributed by atoms with Crippen molar-refractivity contribution >= 4 is 22.5 Å². The first kappa shape index (κ1) is 20.1. The third-order valence-electron chi connectivity index (χ3n) is 7.04. The largest absolute Gasteiger partial charge is 0.473 e. The van der Waals surface area contributed by atoms with Crippen molar-refractivity contribution in [1.82, 2.24) is 4.90 Å². The molecule has 2 aliphatic rings. The van der Waals surface area contributed by atoms with Crippen LogP contribution in [0.2, 0.25) is 0 Å². The van der Waals surface area contributed by atoms with Crippen molar-refractivity contribution in [3.8, 4) is 5.75 Å². The number of hydrogen-bond donors (Lipinski definition) is 0. The number of rotatable bonds is 3. The molecule has 1 fully saturated rings. The Bertz CT molecular complexity index is 1270. The minimum atomic E-state index is -0.641. The van der Waals surface area contributed by atoms with Crippen LogP contribution in [0, 0.1) is 0 Å². The molecule has 164 valence electrons. The molecule has 0 bridgehead atoms. The van der Waals surface area contributed by atoms with Crippen LogP contribution in [0.25, 0.3) is 16.8 Å². The molecule has 3 heteroatoms. The van der Waals surface area contributed by atoms with E-state index in [-0.39, 0.29) is 0 Å². The molecule has 0 spiro atoms. The summed E-state index contributed by atoms with van der Waals surface area (Å²) in [6, 6.07) is 32.2. The zero-order valence-corrected chi connectivity index (χ0v) is 18.9. The lowest BCUT2D eigenvalue weighted by Crippen LogP contribution is -2.44. The zero-order valence-electron chi connectivity index (χ0n) is 18.9. The van der Waals surface area contributed by atoms with Crippen molar-refractivity contribution in [2.75, 3.05) is 38.1 Å². The van der Waals surface area contributed by atoms with E-state index < -0.39 is 5.60 Å². The molecule has 0 aliphatic carbocycles. The van der Waals surface area contributed by atoms with Crippen LogP contribution in [0.15, 0.2) is 97.1 Å². The highest BCUT2D eigenvalue weighted by Gasteiger charge is 2.37. The van der Waals surface area contributed by atoms with Gasteiger partial charge in [-0.05, 0) is 48.2 Å². The molecule has 3 nitrogen and oxygen atoms in total. The minimum Gasteiger partial charge on any atom is -0.473 e. The average Bonchev–Trinajstić information content (AvgIpc) is 2.89. The summed E-state index contributed by atoms with van der Waals surface area (Å²) < 4.78 is 6.89. The lowest BCUT2D eigenvalue weighted by molar-refractivity contribution is 0.161. The summed E-state index contributed by atoms with van der Waals surface area (Å²) in [5.74, 6) is 0.924. The monoisotopic (exact) mass is 432 g/mol. The van der Waals surface area contributed by atoms with Gasteiger partial charge in [-0.2, -0.15) is 0 Å². The van der Waals surface area contributed by atoms with Gasteiger partial charge in [-0.3, -0.25) is 0 Å². The maximum Gasteiger partial charge on any atom is 0.178 e. The fourth-order valence-corrected chi connectivity index (χ4v) is 5.09. The Hall–Kier alpha value is -3.56. The number of piperazine rings is 1. The second-order valence-corrected chi connectivity index (χ2v) is 9.08. The first-order chi connectivity index (χ1) is 16.2. The standard InChI is InChI=1S/C30H28N2O/c1-31-18-20-32(21-19-31)26-14-12-23-13-15-29-27(28(23)22-26)16-17-30(33-29,24-8-4-2-5-9-24)25-10-6-3-7-11-25/h2-17,22H,18-21H2,1H3. The first-order valence-electron chi connectivity index (χ1n) is 11.7. The van der Waals surface area contributed by atoms with Gasteiger partial charge in [-0.15, -0.1) is 0 Å². The van der Waals surface area contributed by atoms with E-state index >= 15 is 0 Å². The van der Waals surface area contributed by atoms with Gasteiger partial charge in [0.25, 0.3) is 0 Å². The second-order valence-electron chi connectivity index (χ2n) is 9.08. The summed E-state index contributed by atoms with van der Waals surface area (Å²) in [5.41, 5.74) is 4.07. The Kier molecular flexibility index (Phi) is 4.92. The van der Waals surface area contributed by atoms with E-state index in [1.807, 2.05) is 0 Å². The van der Waals surface area contributed by atoms with Crippen molar-refractivity contribution in [3.05, 3.63) is 114 Å². The highest BCUT2D eigenvalue weighted by Crippen LogP contribution is 2.44. The molecule has 4 aromatic carbocycles. The highest BCUT2D eigenvalue weighted by atomic mass is 16.5. The average molecular weight is 433 g/mol. The van der Waals surface area contributed by atoms with Gasteiger partial charge in [0.15, 0.2) is 5.60 Å². The second kappa shape index (κ2) is 8.09. The molecule has 2 heterocycles. The van der Waals surface area contributed by atoms with Crippen LogP contribution in [-0.4, -0.2) is 38.1 Å². The molecule has 4 aromatic rings. The topological polar surface area (TPSA) is 15.7 Å². The smallest absolute Gasteiger partial charge is 0.178 e. The SMILES string of the molecule is CN1CCN(c2ccc3ccc4c(c3c2)C=CC(c2ccccc2)(c2ccccc2)O4)CC1. The minimum absolute atomic E-state index is 0.641. The highest BCUT2D eigenvalue weighted by molar-refractivity contribution is 5.96. The molecule has 0 atom stereocenters. The normalized spacial score (nSPS) is 17.5. The van der Waals surface area contributed by atoms with Gasteiger partial charge in [-0.1, -0.05) is 72.8 Å². The predicted octanol–water partition coefficient (Wildman–Crippen LogP) is 5.94. The molecule has 0 aromatic heterocycles. The van der Waals surface area contributed by atoms with Crippen molar-refractivity contribution in [1.29, 1.82) is 0 Å². The first-order valence-corrected chi connectivity index (χ1v) is 11.7. The molecule has 0 amide bonds. The van der Waals surface area contributed by atoms with Crippen LogP contribution < -0.4 is 9.64 Å². The quantitative estimate of drug-likeness (QED) is 0.398. The van der Waals surface area contributed by atoms with Gasteiger partial charge in [0.2, 0.25) is 0 Å². The van der Waals surface area contributed by atoms with Crippen LogP contribution >= 0.6 is 0 Å². The third-order valence-corrected chi connectivity index (χ3v) is 7.04. The van der Waals surface area contributed by atoms with Crippen LogP contribution in [0.1, 0.15) is 16.7 Å². The fraction of sp³-hybridized carbons (Fsp3) is 0.200. The van der Waals surface area contributed by atoms with Crippen molar-refractivity contribution in [3.63, 3.8) is 0 Å². The summed E-state index contributed by atoms with van der Waals surface area (Å²) >= 11 is 0. The molecule has 2 aliphatic heterocycles. The van der Waals surface area contributed by atoms with Crippen molar-refractivity contribution < 1.29 is 4.74 Å². The Balaban J connectivity index is 1.46. The van der Waals surface area contributed by atoms with E-state index in [9.17, 15) is 0 Å². The number of fused-ring (bicyclic) bond motifs is 3. The van der Waals surface area contributed by atoms with Gasteiger partial charge in [0.1, 0.15) is 5.75 Å². The van der Waals surface area contributed by atoms with Crippen LogP contribution in [0.5, 0.6) is 5.75 Å². The summed E-state index contributed by atoms with van der Waals surface area (Å²) in [6.07, 6.45) is 4.48. The van der Waals surface area contributed by atoms with E-state index in [0.29, 0.717) is 0 Å². The fourth-order valence-electron chi connectivity index (χ4n) is 5.09.